The molecule has 1 amide bonds. The summed E-state index contributed by atoms with van der Waals surface area (Å²) in [5, 5.41) is 11.3. The molecule has 2 heterocycles. The fourth-order valence-electron chi connectivity index (χ4n) is 4.45. The molecule has 0 atom stereocenters. The van der Waals surface area contributed by atoms with Crippen LogP contribution in [0.1, 0.15) is 16.7 Å². The second-order valence-corrected chi connectivity index (χ2v) is 8.76. The number of amides is 1. The zero-order valence-corrected chi connectivity index (χ0v) is 19.2. The molecule has 1 aromatic heterocycles. The fourth-order valence-corrected chi connectivity index (χ4v) is 4.45. The van der Waals surface area contributed by atoms with Gasteiger partial charge >= 0.3 is 0 Å². The van der Waals surface area contributed by atoms with Crippen LogP contribution in [0.15, 0.2) is 72.8 Å². The molecule has 0 bridgehead atoms. The second-order valence-electron chi connectivity index (χ2n) is 8.76. The lowest BCUT2D eigenvalue weighted by Crippen LogP contribution is -2.49. The van der Waals surface area contributed by atoms with Gasteiger partial charge in [0.1, 0.15) is 0 Å². The van der Waals surface area contributed by atoms with Crippen molar-refractivity contribution in [2.24, 2.45) is 0 Å². The summed E-state index contributed by atoms with van der Waals surface area (Å²) in [4.78, 5) is 17.2. The fraction of sp³-hybridized carbons (Fsp3) is 0.250. The summed E-state index contributed by atoms with van der Waals surface area (Å²) in [5.41, 5.74) is 5.58. The van der Waals surface area contributed by atoms with Gasteiger partial charge < -0.3 is 9.80 Å². The Morgan fingerprint density at radius 1 is 0.818 bits per heavy atom. The normalized spacial score (nSPS) is 14.0. The summed E-state index contributed by atoms with van der Waals surface area (Å²) in [5.74, 6) is 1.05. The van der Waals surface area contributed by atoms with Gasteiger partial charge in [0.15, 0.2) is 5.82 Å². The Balaban J connectivity index is 1.21. The molecule has 5 nitrogen and oxygen atoms in total. The number of carbonyl (C=O) groups excluding carboxylic acids is 1. The van der Waals surface area contributed by atoms with Crippen molar-refractivity contribution in [3.8, 4) is 11.3 Å². The molecule has 4 aromatic rings. The van der Waals surface area contributed by atoms with Crippen LogP contribution >= 0.6 is 0 Å². The maximum Gasteiger partial charge on any atom is 0.227 e. The lowest BCUT2D eigenvalue weighted by atomic mass is 10.0. The van der Waals surface area contributed by atoms with Crippen LogP contribution in [0.2, 0.25) is 0 Å². The molecule has 1 fully saturated rings. The van der Waals surface area contributed by atoms with Gasteiger partial charge in [0.05, 0.1) is 12.1 Å². The number of carbonyl (C=O) groups is 1. The number of hydrogen-bond donors (Lipinski definition) is 0. The summed E-state index contributed by atoms with van der Waals surface area (Å²) in [6.45, 7) is 7.15. The van der Waals surface area contributed by atoms with Crippen LogP contribution in [-0.4, -0.2) is 47.2 Å². The monoisotopic (exact) mass is 436 g/mol. The first-order chi connectivity index (χ1) is 16.1. The Bertz CT molecular complexity index is 1290. The SMILES string of the molecule is Cc1ccc(-c2ccc(N3CCN(C(=O)Cc4cccc5ccccc45)CC3)nn2)cc1C. The highest BCUT2D eigenvalue weighted by atomic mass is 16.2. The summed E-state index contributed by atoms with van der Waals surface area (Å²) in [7, 11) is 0. The highest BCUT2D eigenvalue weighted by Crippen LogP contribution is 2.23. The van der Waals surface area contributed by atoms with Crippen LogP contribution in [0, 0.1) is 13.8 Å². The Morgan fingerprint density at radius 2 is 1.61 bits per heavy atom. The van der Waals surface area contributed by atoms with E-state index in [1.165, 1.54) is 16.5 Å². The minimum atomic E-state index is 0.183. The van der Waals surface area contributed by atoms with Crippen LogP contribution in [0.4, 0.5) is 5.82 Å². The van der Waals surface area contributed by atoms with Crippen molar-refractivity contribution in [2.45, 2.75) is 20.3 Å². The second kappa shape index (κ2) is 9.02. The van der Waals surface area contributed by atoms with Crippen molar-refractivity contribution in [1.29, 1.82) is 0 Å². The Labute approximate surface area is 194 Å². The molecule has 0 aliphatic carbocycles. The smallest absolute Gasteiger partial charge is 0.227 e. The molecule has 1 saturated heterocycles. The van der Waals surface area contributed by atoms with Gasteiger partial charge in [0.2, 0.25) is 5.91 Å². The molecule has 0 saturated carbocycles. The molecular weight excluding hydrogens is 408 g/mol. The van der Waals surface area contributed by atoms with Crippen LogP contribution in [-0.2, 0) is 11.2 Å². The third kappa shape index (κ3) is 4.44. The first-order valence-corrected chi connectivity index (χ1v) is 11.5. The number of aryl methyl sites for hydroxylation is 2. The van der Waals surface area contributed by atoms with E-state index >= 15 is 0 Å². The van der Waals surface area contributed by atoms with E-state index in [0.717, 1.165) is 41.1 Å². The third-order valence-corrected chi connectivity index (χ3v) is 6.63. The zero-order valence-electron chi connectivity index (χ0n) is 19.2. The zero-order chi connectivity index (χ0) is 22.8. The van der Waals surface area contributed by atoms with E-state index in [1.807, 2.05) is 35.2 Å². The number of piperazine rings is 1. The van der Waals surface area contributed by atoms with E-state index in [-0.39, 0.29) is 5.91 Å². The summed E-state index contributed by atoms with van der Waals surface area (Å²) >= 11 is 0. The predicted molar refractivity (Wildman–Crippen MR) is 133 cm³/mol. The number of hydrogen-bond acceptors (Lipinski definition) is 4. The van der Waals surface area contributed by atoms with E-state index in [9.17, 15) is 4.79 Å². The highest BCUT2D eigenvalue weighted by molar-refractivity contribution is 5.90. The molecule has 0 unspecified atom stereocenters. The molecule has 3 aromatic carbocycles. The predicted octanol–water partition coefficient (Wildman–Crippen LogP) is 4.80. The number of fused-ring (bicyclic) bond motifs is 1. The third-order valence-electron chi connectivity index (χ3n) is 6.63. The molecule has 0 N–H and O–H groups in total. The van der Waals surface area contributed by atoms with Gasteiger partial charge in [0.25, 0.3) is 0 Å². The number of anilines is 1. The van der Waals surface area contributed by atoms with Crippen molar-refractivity contribution in [3.05, 3.63) is 89.5 Å². The van der Waals surface area contributed by atoms with E-state index < -0.39 is 0 Å². The van der Waals surface area contributed by atoms with Gasteiger partial charge in [0, 0.05) is 31.7 Å². The number of aromatic nitrogens is 2. The van der Waals surface area contributed by atoms with Crippen LogP contribution in [0.25, 0.3) is 22.0 Å². The minimum absolute atomic E-state index is 0.183. The lowest BCUT2D eigenvalue weighted by molar-refractivity contribution is -0.130. The topological polar surface area (TPSA) is 49.3 Å². The van der Waals surface area contributed by atoms with Crippen molar-refractivity contribution < 1.29 is 4.79 Å². The molecule has 5 rings (SSSR count). The summed E-state index contributed by atoms with van der Waals surface area (Å²) in [6, 6.07) is 24.9. The molecule has 0 radical (unpaired) electrons. The number of rotatable bonds is 4. The van der Waals surface area contributed by atoms with E-state index in [4.69, 9.17) is 0 Å². The quantitative estimate of drug-likeness (QED) is 0.461. The first kappa shape index (κ1) is 21.1. The molecule has 1 aliphatic heterocycles. The van der Waals surface area contributed by atoms with Crippen molar-refractivity contribution in [2.75, 3.05) is 31.1 Å². The van der Waals surface area contributed by atoms with Crippen LogP contribution in [0.3, 0.4) is 0 Å². The Kier molecular flexibility index (Phi) is 5.78. The standard InChI is InChI=1S/C28H28N4O/c1-20-10-11-24(18-21(20)2)26-12-13-27(30-29-26)31-14-16-32(17-15-31)28(33)19-23-8-5-7-22-6-3-4-9-25(22)23/h3-13,18H,14-17,19H2,1-2H3. The van der Waals surface area contributed by atoms with Gasteiger partial charge in [-0.05, 0) is 59.5 Å². The van der Waals surface area contributed by atoms with Gasteiger partial charge in [-0.1, -0.05) is 54.6 Å². The first-order valence-electron chi connectivity index (χ1n) is 11.5. The Morgan fingerprint density at radius 3 is 2.36 bits per heavy atom. The van der Waals surface area contributed by atoms with Crippen molar-refractivity contribution in [3.63, 3.8) is 0 Å². The number of benzene rings is 3. The van der Waals surface area contributed by atoms with E-state index in [1.54, 1.807) is 0 Å². The van der Waals surface area contributed by atoms with Crippen molar-refractivity contribution >= 4 is 22.5 Å². The van der Waals surface area contributed by atoms with Crippen LogP contribution < -0.4 is 4.90 Å². The molecule has 0 spiro atoms. The van der Waals surface area contributed by atoms with Gasteiger partial charge in [-0.3, -0.25) is 4.79 Å². The van der Waals surface area contributed by atoms with E-state index in [0.29, 0.717) is 19.5 Å². The van der Waals surface area contributed by atoms with Crippen LogP contribution in [0.5, 0.6) is 0 Å². The van der Waals surface area contributed by atoms with Gasteiger partial charge in [-0.2, -0.15) is 0 Å². The maximum absolute atomic E-state index is 13.0. The van der Waals surface area contributed by atoms with Crippen molar-refractivity contribution in [1.82, 2.24) is 15.1 Å². The summed E-state index contributed by atoms with van der Waals surface area (Å²) in [6.07, 6.45) is 0.436. The van der Waals surface area contributed by atoms with Gasteiger partial charge in [-0.25, -0.2) is 0 Å². The molecule has 33 heavy (non-hydrogen) atoms. The largest absolute Gasteiger partial charge is 0.352 e. The summed E-state index contributed by atoms with van der Waals surface area (Å²) < 4.78 is 0. The number of nitrogens with zero attached hydrogens (tertiary/aromatic N) is 4. The molecule has 166 valence electrons. The molecular formula is C28H28N4O. The average Bonchev–Trinajstić information content (AvgIpc) is 2.86. The molecule has 5 heteroatoms. The average molecular weight is 437 g/mol. The van der Waals surface area contributed by atoms with E-state index in [2.05, 4.69) is 71.4 Å². The molecule has 1 aliphatic rings. The maximum atomic E-state index is 13.0. The lowest BCUT2D eigenvalue weighted by Gasteiger charge is -2.35. The minimum Gasteiger partial charge on any atom is -0.352 e. The highest BCUT2D eigenvalue weighted by Gasteiger charge is 2.22. The van der Waals surface area contributed by atoms with Gasteiger partial charge in [-0.15, -0.1) is 10.2 Å². The Hall–Kier alpha value is -3.73.